The maximum absolute atomic E-state index is 2.45. The van der Waals surface area contributed by atoms with Gasteiger partial charge < -0.3 is 0 Å². The molecule has 90 heavy (non-hydrogen) atoms. The van der Waals surface area contributed by atoms with E-state index >= 15 is 0 Å². The van der Waals surface area contributed by atoms with E-state index in [-0.39, 0.29) is 0 Å². The summed E-state index contributed by atoms with van der Waals surface area (Å²) in [6.45, 7) is 42.8. The summed E-state index contributed by atoms with van der Waals surface area (Å²) in [5.41, 5.74) is 2.86. The van der Waals surface area contributed by atoms with E-state index in [1.165, 1.54) is 191 Å². The van der Waals surface area contributed by atoms with E-state index in [0.29, 0.717) is 0 Å². The minimum Gasteiger partial charge on any atom is -0.0651 e. The van der Waals surface area contributed by atoms with Crippen molar-refractivity contribution in [3.63, 3.8) is 0 Å². The summed E-state index contributed by atoms with van der Waals surface area (Å²) in [4.78, 5) is 0. The van der Waals surface area contributed by atoms with E-state index in [4.69, 9.17) is 0 Å². The van der Waals surface area contributed by atoms with Gasteiger partial charge in [-0.2, -0.15) is 0 Å². The third-order valence-electron chi connectivity index (χ3n) is 30.1. The number of fused-ring (bicyclic) bond motifs is 12. The normalized spacial score (nSPS) is 44.3. The summed E-state index contributed by atoms with van der Waals surface area (Å²) in [7, 11) is 0. The van der Waals surface area contributed by atoms with Gasteiger partial charge >= 0.3 is 0 Å². The van der Waals surface area contributed by atoms with Crippen molar-refractivity contribution in [2.24, 2.45) is 166 Å². The SMILES string of the molecule is CC1CC2CC(C)CC2C1.CC1CC2CC1CC2C.CC1CC2CCC1CC2C.CC1CCC(C)CC1.CC1CCC2CC(C)CCC2C1.CC1CCCC(C)C1.CCC1CC2CC1CC2CC.CCC1CC2CCC1CC2CC.CCc1ccc(CC)cc1. The van der Waals surface area contributed by atoms with E-state index in [9.17, 15) is 0 Å². The van der Waals surface area contributed by atoms with E-state index in [2.05, 4.69) is 149 Å². The van der Waals surface area contributed by atoms with Gasteiger partial charge in [-0.15, -0.1) is 0 Å². The van der Waals surface area contributed by atoms with Gasteiger partial charge in [0.25, 0.3) is 0 Å². The van der Waals surface area contributed by atoms with Crippen LogP contribution in [-0.2, 0) is 12.8 Å². The van der Waals surface area contributed by atoms with Gasteiger partial charge in [0.05, 0.1) is 0 Å². The first kappa shape index (κ1) is 76.6. The number of aryl methyl sites for hydroxylation is 2. The van der Waals surface area contributed by atoms with Crippen molar-refractivity contribution in [3.8, 4) is 0 Å². The van der Waals surface area contributed by atoms with Crippen LogP contribution >= 0.6 is 0 Å². The molecule has 0 radical (unpaired) electrons. The van der Waals surface area contributed by atoms with Gasteiger partial charge in [0.1, 0.15) is 0 Å². The molecule has 0 saturated heterocycles. The van der Waals surface area contributed by atoms with Crippen LogP contribution in [0.2, 0.25) is 0 Å². The molecule has 0 nitrogen and oxygen atoms in total. The highest BCUT2D eigenvalue weighted by Gasteiger charge is 2.45. The third kappa shape index (κ3) is 23.8. The summed E-state index contributed by atoms with van der Waals surface area (Å²) in [6.07, 6.45) is 56.9. The zero-order chi connectivity index (χ0) is 65.0. The molecule has 0 aliphatic heterocycles. The highest BCUT2D eigenvalue weighted by atomic mass is 14.5. The smallest absolute Gasteiger partial charge is 0.0307 e. The van der Waals surface area contributed by atoms with E-state index < -0.39 is 0 Å². The van der Waals surface area contributed by atoms with Crippen molar-refractivity contribution in [1.82, 2.24) is 0 Å². The summed E-state index contributed by atoms with van der Waals surface area (Å²) >= 11 is 0. The molecule has 1 aromatic carbocycles. The van der Waals surface area contributed by atoms with Crippen molar-refractivity contribution in [1.29, 1.82) is 0 Å². The molecule has 0 aromatic heterocycles. The van der Waals surface area contributed by atoms with Gasteiger partial charge in [-0.3, -0.25) is 0 Å². The van der Waals surface area contributed by atoms with Crippen LogP contribution in [0.3, 0.4) is 0 Å². The van der Waals surface area contributed by atoms with E-state index in [0.717, 1.165) is 179 Å². The third-order valence-corrected chi connectivity index (χ3v) is 30.1. The maximum atomic E-state index is 2.45. The van der Waals surface area contributed by atoms with Gasteiger partial charge in [-0.05, 0) is 337 Å². The molecule has 22 unspecified atom stereocenters. The Kier molecular flexibility index (Phi) is 33.2. The molecule has 0 spiro atoms. The lowest BCUT2D eigenvalue weighted by Gasteiger charge is -2.47. The Morgan fingerprint density at radius 1 is 0.211 bits per heavy atom. The molecular formula is C90H162. The lowest BCUT2D eigenvalue weighted by Crippen LogP contribution is -2.37. The van der Waals surface area contributed by atoms with Gasteiger partial charge in [-0.25, -0.2) is 0 Å². The Hall–Kier alpha value is -0.780. The van der Waals surface area contributed by atoms with E-state index in [1.54, 1.807) is 51.4 Å². The summed E-state index contributed by atoms with van der Waals surface area (Å²) in [5.74, 6) is 30.3. The average Bonchev–Trinajstić information content (AvgIpc) is 1.83. The second kappa shape index (κ2) is 39.0. The standard InChI is InChI=1S/2C12H22.C11H20.2C10H18.C10H14.C9H16.2C8H16/c1-9-3-5-12-8-10(2)4-6-11(12)7-9;1-3-9-7-12-6-5-11(9)8-10(12)4-2;1-3-8-5-11-7-10(8)6-9(11)4-2;1-7-3-9-5-8(2)6-10(9)4-7;1-7-5-10-4-3-9(7)6-8(10)2;1-3-9-5-7-10(4-2)8-6-9;1-6-3-9-5-8(6)4-7(9)2;1-7-3-5-8(2)6-4-7;1-7-4-3-5-8(2)6-7/h2*9-12H,3-8H2,1-2H3;8-11H,3-7H2,1-2H3;2*7-10H,3-6H2,1-2H3;5-8H,3-4H2,1-2H3;6-9H,3-5H2,1-2H3;2*7-8H,3-6H2,1-2H3. The van der Waals surface area contributed by atoms with Crippen LogP contribution in [-0.4, -0.2) is 0 Å². The predicted octanol–water partition coefficient (Wildman–Crippen LogP) is 28.5. The molecule has 16 fully saturated rings. The quantitative estimate of drug-likeness (QED) is 0.266. The summed E-state index contributed by atoms with van der Waals surface area (Å²) in [6, 6.07) is 8.83. The first-order valence-corrected chi connectivity index (χ1v) is 42.3. The molecule has 522 valence electrons. The van der Waals surface area contributed by atoms with Crippen molar-refractivity contribution < 1.29 is 0 Å². The molecular weight excluding hydrogens is 1080 g/mol. The Bertz CT molecular complexity index is 1860. The molecule has 17 rings (SSSR count). The lowest BCUT2D eigenvalue weighted by molar-refractivity contribution is 0.0371. The number of benzene rings is 1. The highest BCUT2D eigenvalue weighted by molar-refractivity contribution is 5.22. The Balaban J connectivity index is 0.000000144. The number of hydrogen-bond acceptors (Lipinski definition) is 0. The van der Waals surface area contributed by atoms with Gasteiger partial charge in [0.15, 0.2) is 0 Å². The molecule has 1 aromatic rings. The first-order chi connectivity index (χ1) is 43.2. The van der Waals surface area contributed by atoms with Gasteiger partial charge in [0, 0.05) is 0 Å². The Labute approximate surface area is 566 Å². The minimum absolute atomic E-state index is 1.01. The van der Waals surface area contributed by atoms with Crippen LogP contribution in [0, 0.1) is 166 Å². The van der Waals surface area contributed by atoms with Crippen molar-refractivity contribution in [2.75, 3.05) is 0 Å². The molecule has 8 bridgehead atoms. The first-order valence-electron chi connectivity index (χ1n) is 42.3. The van der Waals surface area contributed by atoms with Crippen LogP contribution in [0.25, 0.3) is 0 Å². The monoisotopic (exact) mass is 1240 g/mol. The maximum Gasteiger partial charge on any atom is -0.0307 e. The Morgan fingerprint density at radius 2 is 0.478 bits per heavy atom. The summed E-state index contributed by atoms with van der Waals surface area (Å²) < 4.78 is 0. The van der Waals surface area contributed by atoms with Crippen LogP contribution in [0.5, 0.6) is 0 Å². The molecule has 0 N–H and O–H groups in total. The fourth-order valence-electron chi connectivity index (χ4n) is 23.8. The molecule has 22 atom stereocenters. The fourth-order valence-corrected chi connectivity index (χ4v) is 23.8. The predicted molar refractivity (Wildman–Crippen MR) is 400 cm³/mol. The Morgan fingerprint density at radius 3 is 0.744 bits per heavy atom. The molecule has 0 heteroatoms. The van der Waals surface area contributed by atoms with Gasteiger partial charge in [0.2, 0.25) is 0 Å². The van der Waals surface area contributed by atoms with Crippen molar-refractivity contribution in [2.45, 2.75) is 369 Å². The van der Waals surface area contributed by atoms with Crippen LogP contribution < -0.4 is 0 Å². The summed E-state index contributed by atoms with van der Waals surface area (Å²) in [5, 5.41) is 0. The molecule has 16 aliphatic carbocycles. The van der Waals surface area contributed by atoms with Crippen molar-refractivity contribution in [3.05, 3.63) is 35.4 Å². The largest absolute Gasteiger partial charge is 0.0651 e. The van der Waals surface area contributed by atoms with Crippen LogP contribution in [0.1, 0.15) is 367 Å². The second-order valence-corrected chi connectivity index (χ2v) is 37.5. The molecule has 16 aliphatic rings. The second-order valence-electron chi connectivity index (χ2n) is 37.5. The molecule has 16 saturated carbocycles. The van der Waals surface area contributed by atoms with Crippen molar-refractivity contribution >= 4 is 0 Å². The molecule has 0 heterocycles. The van der Waals surface area contributed by atoms with Crippen LogP contribution in [0.15, 0.2) is 24.3 Å². The lowest BCUT2D eigenvalue weighted by atomic mass is 9.59. The zero-order valence-corrected chi connectivity index (χ0v) is 64.3. The molecule has 0 amide bonds. The van der Waals surface area contributed by atoms with Crippen LogP contribution in [0.4, 0.5) is 0 Å². The number of rotatable bonds is 6. The van der Waals surface area contributed by atoms with E-state index in [1.807, 2.05) is 0 Å². The fraction of sp³-hybridized carbons (Fsp3) is 0.933. The highest BCUT2D eigenvalue weighted by Crippen LogP contribution is 2.55. The topological polar surface area (TPSA) is 0 Å². The van der Waals surface area contributed by atoms with Gasteiger partial charge in [-0.1, -0.05) is 232 Å². The zero-order valence-electron chi connectivity index (χ0n) is 64.3. The average molecular weight is 1240 g/mol. The minimum atomic E-state index is 1.01. The number of hydrogen-bond donors (Lipinski definition) is 0.